The van der Waals surface area contributed by atoms with Crippen LogP contribution in [0.25, 0.3) is 0 Å². The van der Waals surface area contributed by atoms with E-state index in [-0.39, 0.29) is 6.10 Å². The van der Waals surface area contributed by atoms with Gasteiger partial charge in [0, 0.05) is 32.7 Å². The van der Waals surface area contributed by atoms with Gasteiger partial charge in [0.2, 0.25) is 0 Å². The summed E-state index contributed by atoms with van der Waals surface area (Å²) in [5, 5.41) is 13.6. The van der Waals surface area contributed by atoms with Crippen LogP contribution in [0, 0.1) is 5.92 Å². The summed E-state index contributed by atoms with van der Waals surface area (Å²) in [6.45, 7) is 10.7. The summed E-state index contributed by atoms with van der Waals surface area (Å²) in [6, 6.07) is 0. The van der Waals surface area contributed by atoms with Crippen LogP contribution in [0.3, 0.4) is 0 Å². The molecule has 0 spiro atoms. The Kier molecular flexibility index (Phi) is 5.89. The maximum Gasteiger partial charge on any atom is 0.0793 e. The molecule has 2 rings (SSSR count). The number of nitrogens with one attached hydrogen (secondary N) is 1. The predicted molar refractivity (Wildman–Crippen MR) is 74.8 cm³/mol. The molecule has 2 saturated heterocycles. The van der Waals surface area contributed by atoms with Crippen molar-refractivity contribution < 1.29 is 5.11 Å². The number of piperidine rings is 1. The first-order chi connectivity index (χ1) is 8.74. The average Bonchev–Trinajstić information content (AvgIpc) is 2.57. The molecule has 0 aliphatic carbocycles. The molecule has 0 bridgehead atoms. The van der Waals surface area contributed by atoms with Gasteiger partial charge in [0.15, 0.2) is 0 Å². The van der Waals surface area contributed by atoms with E-state index in [1.165, 1.54) is 32.4 Å². The second-order valence-corrected chi connectivity index (χ2v) is 6.06. The molecule has 0 aromatic heterocycles. The maximum absolute atomic E-state index is 10.2. The number of β-amino-alcohol motifs (C(OH)–C–C–N with tert-alkyl or cyclic N) is 1. The molecule has 2 N–H and O–H groups in total. The second kappa shape index (κ2) is 7.43. The lowest BCUT2D eigenvalue weighted by Gasteiger charge is -2.33. The number of nitrogens with zero attached hydrogens (tertiary/aromatic N) is 2. The van der Waals surface area contributed by atoms with Crippen molar-refractivity contribution in [2.24, 2.45) is 5.92 Å². The number of likely N-dealkylation sites (tertiary alicyclic amines) is 1. The van der Waals surface area contributed by atoms with E-state index in [1.807, 2.05) is 0 Å². The second-order valence-electron chi connectivity index (χ2n) is 6.06. The minimum Gasteiger partial charge on any atom is -0.390 e. The van der Waals surface area contributed by atoms with Crippen molar-refractivity contribution in [2.75, 3.05) is 52.4 Å². The van der Waals surface area contributed by atoms with Gasteiger partial charge >= 0.3 is 0 Å². The number of rotatable bonds is 4. The molecule has 0 aromatic carbocycles. The van der Waals surface area contributed by atoms with Gasteiger partial charge < -0.3 is 15.3 Å². The monoisotopic (exact) mass is 255 g/mol. The minimum absolute atomic E-state index is 0.187. The fourth-order valence-corrected chi connectivity index (χ4v) is 3.19. The summed E-state index contributed by atoms with van der Waals surface area (Å²) in [4.78, 5) is 4.84. The Morgan fingerprint density at radius 3 is 2.72 bits per heavy atom. The highest BCUT2D eigenvalue weighted by atomic mass is 16.3. The Balaban J connectivity index is 1.68. The third kappa shape index (κ3) is 4.84. The van der Waals surface area contributed by atoms with Gasteiger partial charge in [0.05, 0.1) is 6.10 Å². The van der Waals surface area contributed by atoms with Crippen molar-refractivity contribution in [1.82, 2.24) is 15.1 Å². The van der Waals surface area contributed by atoms with Crippen LogP contribution in [-0.4, -0.2) is 73.4 Å². The van der Waals surface area contributed by atoms with E-state index >= 15 is 0 Å². The third-order valence-corrected chi connectivity index (χ3v) is 4.11. The third-order valence-electron chi connectivity index (χ3n) is 4.11. The van der Waals surface area contributed by atoms with E-state index < -0.39 is 0 Å². The van der Waals surface area contributed by atoms with E-state index in [9.17, 15) is 5.11 Å². The molecule has 2 atom stereocenters. The molecule has 0 aromatic rings. The molecule has 2 aliphatic rings. The van der Waals surface area contributed by atoms with Crippen LogP contribution in [0.15, 0.2) is 0 Å². The summed E-state index contributed by atoms with van der Waals surface area (Å²) >= 11 is 0. The van der Waals surface area contributed by atoms with Crippen molar-refractivity contribution in [2.45, 2.75) is 32.3 Å². The summed E-state index contributed by atoms with van der Waals surface area (Å²) < 4.78 is 0. The van der Waals surface area contributed by atoms with Gasteiger partial charge in [0.1, 0.15) is 0 Å². The van der Waals surface area contributed by atoms with Gasteiger partial charge in [-0.15, -0.1) is 0 Å². The first kappa shape index (κ1) is 14.3. The average molecular weight is 255 g/mol. The molecule has 0 radical (unpaired) electrons. The zero-order valence-corrected chi connectivity index (χ0v) is 11.8. The van der Waals surface area contributed by atoms with Crippen LogP contribution in [0.5, 0.6) is 0 Å². The van der Waals surface area contributed by atoms with E-state index in [2.05, 4.69) is 22.0 Å². The van der Waals surface area contributed by atoms with Crippen molar-refractivity contribution in [3.05, 3.63) is 0 Å². The molecule has 0 amide bonds. The van der Waals surface area contributed by atoms with E-state index in [4.69, 9.17) is 0 Å². The largest absolute Gasteiger partial charge is 0.390 e. The van der Waals surface area contributed by atoms with Crippen molar-refractivity contribution in [3.8, 4) is 0 Å². The summed E-state index contributed by atoms with van der Waals surface area (Å²) in [5.41, 5.74) is 0. The summed E-state index contributed by atoms with van der Waals surface area (Å²) in [5.74, 6) is 0.799. The molecule has 18 heavy (non-hydrogen) atoms. The van der Waals surface area contributed by atoms with Crippen molar-refractivity contribution in [3.63, 3.8) is 0 Å². The summed E-state index contributed by atoms with van der Waals surface area (Å²) in [6.07, 6.45) is 3.66. The first-order valence-corrected chi connectivity index (χ1v) is 7.57. The number of hydrogen-bond acceptors (Lipinski definition) is 4. The van der Waals surface area contributed by atoms with Gasteiger partial charge in [-0.3, -0.25) is 4.90 Å². The Labute approximate surface area is 111 Å². The lowest BCUT2D eigenvalue weighted by atomic mass is 10.00. The van der Waals surface area contributed by atoms with Gasteiger partial charge in [-0.2, -0.15) is 0 Å². The highest BCUT2D eigenvalue weighted by Gasteiger charge is 2.20. The zero-order valence-electron chi connectivity index (χ0n) is 11.8. The molecule has 2 fully saturated rings. The number of aliphatic hydroxyl groups excluding tert-OH is 1. The predicted octanol–water partition coefficient (Wildman–Crippen LogP) is 0.375. The lowest BCUT2D eigenvalue weighted by Crippen LogP contribution is -2.44. The van der Waals surface area contributed by atoms with Crippen LogP contribution < -0.4 is 5.32 Å². The van der Waals surface area contributed by atoms with Crippen LogP contribution in [0.2, 0.25) is 0 Å². The SMILES string of the molecule is CC1CCCN(CC(O)CN2CCCNCC2)C1. The molecule has 106 valence electrons. The van der Waals surface area contributed by atoms with Crippen molar-refractivity contribution in [1.29, 1.82) is 0 Å². The molecule has 4 heteroatoms. The molecule has 2 unspecified atom stereocenters. The van der Waals surface area contributed by atoms with Gasteiger partial charge in [-0.25, -0.2) is 0 Å². The normalized spacial score (nSPS) is 30.0. The molecule has 4 nitrogen and oxygen atoms in total. The van der Waals surface area contributed by atoms with Crippen molar-refractivity contribution >= 4 is 0 Å². The first-order valence-electron chi connectivity index (χ1n) is 7.57. The fraction of sp³-hybridized carbons (Fsp3) is 1.00. The molecular formula is C14H29N3O. The smallest absolute Gasteiger partial charge is 0.0793 e. The van der Waals surface area contributed by atoms with E-state index in [1.54, 1.807) is 0 Å². The van der Waals surface area contributed by atoms with E-state index in [0.29, 0.717) is 0 Å². The zero-order chi connectivity index (χ0) is 12.8. The van der Waals surface area contributed by atoms with Gasteiger partial charge in [0.25, 0.3) is 0 Å². The summed E-state index contributed by atoms with van der Waals surface area (Å²) in [7, 11) is 0. The Bertz CT molecular complexity index is 225. The Morgan fingerprint density at radius 2 is 1.89 bits per heavy atom. The maximum atomic E-state index is 10.2. The highest BCUT2D eigenvalue weighted by Crippen LogP contribution is 2.15. The Morgan fingerprint density at radius 1 is 1.11 bits per heavy atom. The fourth-order valence-electron chi connectivity index (χ4n) is 3.19. The quantitative estimate of drug-likeness (QED) is 0.761. The van der Waals surface area contributed by atoms with Crippen LogP contribution in [-0.2, 0) is 0 Å². The van der Waals surface area contributed by atoms with Gasteiger partial charge in [-0.05, 0) is 44.8 Å². The molecule has 0 saturated carbocycles. The number of aliphatic hydroxyl groups is 1. The number of hydrogen-bond donors (Lipinski definition) is 2. The Hall–Kier alpha value is -0.160. The standard InChI is InChI=1S/C14H29N3O/c1-13-4-2-7-17(10-13)12-14(18)11-16-8-3-5-15-6-9-16/h13-15,18H,2-12H2,1H3. The van der Waals surface area contributed by atoms with Crippen LogP contribution in [0.1, 0.15) is 26.2 Å². The highest BCUT2D eigenvalue weighted by molar-refractivity contribution is 4.76. The van der Waals surface area contributed by atoms with Crippen LogP contribution >= 0.6 is 0 Å². The topological polar surface area (TPSA) is 38.7 Å². The molecule has 2 heterocycles. The molecule has 2 aliphatic heterocycles. The molecular weight excluding hydrogens is 226 g/mol. The van der Waals surface area contributed by atoms with Gasteiger partial charge in [-0.1, -0.05) is 6.92 Å². The lowest BCUT2D eigenvalue weighted by molar-refractivity contribution is 0.0603. The van der Waals surface area contributed by atoms with Crippen LogP contribution in [0.4, 0.5) is 0 Å². The van der Waals surface area contributed by atoms with E-state index in [0.717, 1.165) is 45.2 Å². The minimum atomic E-state index is -0.187.